The molecule has 1 aromatic heterocycles. The van der Waals surface area contributed by atoms with Crippen molar-refractivity contribution < 1.29 is 14.3 Å². The van der Waals surface area contributed by atoms with Crippen molar-refractivity contribution in [2.24, 2.45) is 7.05 Å². The van der Waals surface area contributed by atoms with E-state index >= 15 is 0 Å². The second kappa shape index (κ2) is 7.39. The molecule has 0 spiro atoms. The minimum atomic E-state index is -0.399. The fourth-order valence-electron chi connectivity index (χ4n) is 2.16. The zero-order valence-corrected chi connectivity index (χ0v) is 14.8. The maximum absolute atomic E-state index is 12.6. The van der Waals surface area contributed by atoms with Gasteiger partial charge in [0.15, 0.2) is 0 Å². The van der Waals surface area contributed by atoms with Crippen LogP contribution in [0.2, 0.25) is 15.1 Å². The Morgan fingerprint density at radius 3 is 2.39 bits per heavy atom. The van der Waals surface area contributed by atoms with Gasteiger partial charge in [0.1, 0.15) is 0 Å². The Morgan fingerprint density at radius 2 is 1.78 bits per heavy atom. The Labute approximate surface area is 148 Å². The molecule has 0 fully saturated rings. The van der Waals surface area contributed by atoms with Crippen LogP contribution in [0.5, 0.6) is 0 Å². The van der Waals surface area contributed by atoms with E-state index in [0.29, 0.717) is 32.0 Å². The Morgan fingerprint density at radius 1 is 1.09 bits per heavy atom. The minimum absolute atomic E-state index is 0.00216. The molecule has 0 aliphatic rings. The highest BCUT2D eigenvalue weighted by Crippen LogP contribution is 2.27. The lowest BCUT2D eigenvalue weighted by Gasteiger charge is -2.08. The summed E-state index contributed by atoms with van der Waals surface area (Å²) in [6, 6.07) is 6.17. The summed E-state index contributed by atoms with van der Waals surface area (Å²) in [7, 11) is 1.67. The van der Waals surface area contributed by atoms with Crippen LogP contribution < -0.4 is 0 Å². The van der Waals surface area contributed by atoms with Gasteiger partial charge in [0.05, 0.1) is 33.8 Å². The molecule has 0 amide bonds. The molecule has 0 atom stereocenters. The second-order valence-electron chi connectivity index (χ2n) is 4.82. The summed E-state index contributed by atoms with van der Waals surface area (Å²) in [5, 5.41) is 1.00. The van der Waals surface area contributed by atoms with Crippen molar-refractivity contribution >= 4 is 46.6 Å². The lowest BCUT2D eigenvalue weighted by molar-refractivity contribution is -0.142. The number of esters is 1. The zero-order chi connectivity index (χ0) is 17.1. The highest BCUT2D eigenvalue weighted by atomic mass is 35.5. The fourth-order valence-corrected chi connectivity index (χ4v) is 2.76. The van der Waals surface area contributed by atoms with E-state index in [-0.39, 0.29) is 18.8 Å². The minimum Gasteiger partial charge on any atom is -0.466 e. The molecule has 7 heteroatoms. The monoisotopic (exact) mass is 373 g/mol. The standard InChI is InChI=1S/C16H14Cl3NO3/c1-3-23-15(21)8-13-12(19)7-14(20(13)2)16(22)9-4-5-10(17)11(18)6-9/h4-7H,3,8H2,1-2H3. The smallest absolute Gasteiger partial charge is 0.311 e. The third kappa shape index (κ3) is 3.89. The van der Waals surface area contributed by atoms with Gasteiger partial charge >= 0.3 is 5.97 Å². The van der Waals surface area contributed by atoms with Crippen LogP contribution in [-0.4, -0.2) is 22.9 Å². The summed E-state index contributed by atoms with van der Waals surface area (Å²) in [6.07, 6.45) is -0.00216. The molecule has 0 N–H and O–H groups in total. The highest BCUT2D eigenvalue weighted by Gasteiger charge is 2.20. The molecule has 0 aliphatic carbocycles. The van der Waals surface area contributed by atoms with Crippen molar-refractivity contribution in [3.8, 4) is 0 Å². The first-order chi connectivity index (χ1) is 10.8. The van der Waals surface area contributed by atoms with Crippen LogP contribution in [-0.2, 0) is 23.0 Å². The predicted octanol–water partition coefficient (Wildman–Crippen LogP) is 4.32. The van der Waals surface area contributed by atoms with Gasteiger partial charge in [-0.3, -0.25) is 9.59 Å². The van der Waals surface area contributed by atoms with Gasteiger partial charge in [-0.1, -0.05) is 34.8 Å². The molecule has 1 aromatic carbocycles. The van der Waals surface area contributed by atoms with Crippen LogP contribution in [0.4, 0.5) is 0 Å². The maximum Gasteiger partial charge on any atom is 0.311 e. The molecule has 23 heavy (non-hydrogen) atoms. The first kappa shape index (κ1) is 17.9. The number of hydrogen-bond donors (Lipinski definition) is 0. The maximum atomic E-state index is 12.6. The molecule has 0 bridgehead atoms. The molecule has 0 unspecified atom stereocenters. The van der Waals surface area contributed by atoms with Gasteiger partial charge in [0, 0.05) is 18.3 Å². The molecular formula is C16H14Cl3NO3. The largest absolute Gasteiger partial charge is 0.466 e. The molecule has 1 heterocycles. The lowest BCUT2D eigenvalue weighted by Crippen LogP contribution is -2.13. The van der Waals surface area contributed by atoms with Gasteiger partial charge in [-0.05, 0) is 31.2 Å². The van der Waals surface area contributed by atoms with Gasteiger partial charge in [0.25, 0.3) is 0 Å². The highest BCUT2D eigenvalue weighted by molar-refractivity contribution is 6.42. The van der Waals surface area contributed by atoms with E-state index in [9.17, 15) is 9.59 Å². The van der Waals surface area contributed by atoms with Crippen molar-refractivity contribution in [2.45, 2.75) is 13.3 Å². The van der Waals surface area contributed by atoms with Crippen molar-refractivity contribution in [3.05, 3.63) is 56.3 Å². The quantitative estimate of drug-likeness (QED) is 0.578. The molecule has 0 aliphatic heterocycles. The van der Waals surface area contributed by atoms with Gasteiger partial charge in [-0.25, -0.2) is 0 Å². The van der Waals surface area contributed by atoms with E-state index in [2.05, 4.69) is 0 Å². The average molecular weight is 375 g/mol. The molecule has 0 saturated heterocycles. The van der Waals surface area contributed by atoms with Crippen molar-refractivity contribution in [3.63, 3.8) is 0 Å². The molecule has 122 valence electrons. The van der Waals surface area contributed by atoms with E-state index < -0.39 is 5.97 Å². The van der Waals surface area contributed by atoms with E-state index in [4.69, 9.17) is 39.5 Å². The number of benzene rings is 1. The topological polar surface area (TPSA) is 48.3 Å². The van der Waals surface area contributed by atoms with Crippen molar-refractivity contribution in [1.82, 2.24) is 4.57 Å². The molecule has 0 radical (unpaired) electrons. The first-order valence-corrected chi connectivity index (χ1v) is 7.98. The number of ketones is 1. The number of carbonyl (C=O) groups excluding carboxylic acids is 2. The van der Waals surface area contributed by atoms with Gasteiger partial charge in [-0.15, -0.1) is 0 Å². The van der Waals surface area contributed by atoms with Crippen LogP contribution >= 0.6 is 34.8 Å². The van der Waals surface area contributed by atoms with Crippen LogP contribution in [0, 0.1) is 0 Å². The van der Waals surface area contributed by atoms with E-state index in [0.717, 1.165) is 0 Å². The number of carbonyl (C=O) groups is 2. The Hall–Kier alpha value is -1.49. The Bertz CT molecular complexity index is 768. The molecule has 4 nitrogen and oxygen atoms in total. The predicted molar refractivity (Wildman–Crippen MR) is 90.7 cm³/mol. The second-order valence-corrected chi connectivity index (χ2v) is 6.04. The van der Waals surface area contributed by atoms with Gasteiger partial charge < -0.3 is 9.30 Å². The molecular weight excluding hydrogens is 361 g/mol. The van der Waals surface area contributed by atoms with E-state index in [1.807, 2.05) is 0 Å². The fraction of sp³-hybridized carbons (Fsp3) is 0.250. The van der Waals surface area contributed by atoms with E-state index in [1.165, 1.54) is 12.1 Å². The van der Waals surface area contributed by atoms with Crippen LogP contribution in [0.1, 0.15) is 28.7 Å². The summed E-state index contributed by atoms with van der Waals surface area (Å²) < 4.78 is 6.50. The third-order valence-corrected chi connectivity index (χ3v) is 4.40. The van der Waals surface area contributed by atoms with Crippen molar-refractivity contribution in [1.29, 1.82) is 0 Å². The average Bonchev–Trinajstić information content (AvgIpc) is 2.77. The normalized spacial score (nSPS) is 10.7. The van der Waals surface area contributed by atoms with Gasteiger partial charge in [-0.2, -0.15) is 0 Å². The van der Waals surface area contributed by atoms with Crippen LogP contribution in [0.25, 0.3) is 0 Å². The lowest BCUT2D eigenvalue weighted by atomic mass is 10.1. The van der Waals surface area contributed by atoms with Gasteiger partial charge in [0.2, 0.25) is 5.78 Å². The third-order valence-electron chi connectivity index (χ3n) is 3.34. The summed E-state index contributed by atoms with van der Waals surface area (Å²) in [5.41, 5.74) is 1.26. The SMILES string of the molecule is CCOC(=O)Cc1c(Cl)cc(C(=O)c2ccc(Cl)c(Cl)c2)n1C. The number of aromatic nitrogens is 1. The summed E-state index contributed by atoms with van der Waals surface area (Å²) >= 11 is 18.0. The Kier molecular flexibility index (Phi) is 5.74. The zero-order valence-electron chi connectivity index (χ0n) is 12.5. The number of halogens is 3. The van der Waals surface area contributed by atoms with Crippen LogP contribution in [0.3, 0.4) is 0 Å². The number of nitrogens with zero attached hydrogens (tertiary/aromatic N) is 1. The van der Waals surface area contributed by atoms with Crippen molar-refractivity contribution in [2.75, 3.05) is 6.61 Å². The van der Waals surface area contributed by atoms with Crippen LogP contribution in [0.15, 0.2) is 24.3 Å². The van der Waals surface area contributed by atoms with E-state index in [1.54, 1.807) is 30.7 Å². The Balaban J connectivity index is 2.35. The first-order valence-electron chi connectivity index (χ1n) is 6.84. The number of rotatable bonds is 5. The number of ether oxygens (including phenoxy) is 1. The molecule has 0 saturated carbocycles. The molecule has 2 aromatic rings. The summed E-state index contributed by atoms with van der Waals surface area (Å²) in [6.45, 7) is 2.01. The summed E-state index contributed by atoms with van der Waals surface area (Å²) in [5.74, 6) is -0.660. The molecule has 2 rings (SSSR count). The summed E-state index contributed by atoms with van der Waals surface area (Å²) in [4.78, 5) is 24.2. The number of hydrogen-bond acceptors (Lipinski definition) is 3.